The zero-order chi connectivity index (χ0) is 19.8. The second-order valence-corrected chi connectivity index (χ2v) is 6.06. The highest BCUT2D eigenvalue weighted by molar-refractivity contribution is 6.02. The molecule has 0 saturated heterocycles. The van der Waals surface area contributed by atoms with Crippen LogP contribution in [0.25, 0.3) is 6.08 Å². The molecule has 0 unspecified atom stereocenters. The fourth-order valence-electron chi connectivity index (χ4n) is 2.53. The molecular formula is C23H19NO4. The minimum Gasteiger partial charge on any atom is -0.489 e. The van der Waals surface area contributed by atoms with Gasteiger partial charge < -0.3 is 15.2 Å². The van der Waals surface area contributed by atoms with Crippen molar-refractivity contribution >= 4 is 23.6 Å². The minimum absolute atomic E-state index is 0.116. The number of aromatic carboxylic acids is 1. The van der Waals surface area contributed by atoms with Gasteiger partial charge in [-0.3, -0.25) is 4.79 Å². The molecule has 3 rings (SSSR count). The van der Waals surface area contributed by atoms with Gasteiger partial charge in [0.05, 0.1) is 5.56 Å². The maximum Gasteiger partial charge on any atom is 0.335 e. The van der Waals surface area contributed by atoms with Gasteiger partial charge in [-0.2, -0.15) is 0 Å². The molecule has 0 aliphatic carbocycles. The lowest BCUT2D eigenvalue weighted by atomic mass is 10.2. The Morgan fingerprint density at radius 1 is 0.929 bits per heavy atom. The van der Waals surface area contributed by atoms with Crippen molar-refractivity contribution in [1.29, 1.82) is 0 Å². The van der Waals surface area contributed by atoms with Crippen LogP contribution in [0.15, 0.2) is 84.9 Å². The van der Waals surface area contributed by atoms with Gasteiger partial charge in [-0.05, 0) is 47.5 Å². The normalized spacial score (nSPS) is 10.6. The Morgan fingerprint density at radius 2 is 1.71 bits per heavy atom. The number of carbonyl (C=O) groups is 2. The third-order valence-corrected chi connectivity index (χ3v) is 3.91. The molecule has 0 atom stereocenters. The van der Waals surface area contributed by atoms with Crippen LogP contribution in [0.5, 0.6) is 5.75 Å². The Morgan fingerprint density at radius 3 is 2.50 bits per heavy atom. The van der Waals surface area contributed by atoms with E-state index < -0.39 is 5.97 Å². The number of hydrogen-bond donors (Lipinski definition) is 2. The molecule has 140 valence electrons. The van der Waals surface area contributed by atoms with Crippen molar-refractivity contribution in [2.75, 3.05) is 5.32 Å². The van der Waals surface area contributed by atoms with E-state index in [1.807, 2.05) is 54.6 Å². The highest BCUT2D eigenvalue weighted by Crippen LogP contribution is 2.16. The lowest BCUT2D eigenvalue weighted by Crippen LogP contribution is -2.08. The Bertz CT molecular complexity index is 996. The van der Waals surface area contributed by atoms with E-state index in [9.17, 15) is 9.59 Å². The van der Waals surface area contributed by atoms with Gasteiger partial charge in [0.15, 0.2) is 0 Å². The average molecular weight is 373 g/mol. The van der Waals surface area contributed by atoms with E-state index >= 15 is 0 Å². The van der Waals surface area contributed by atoms with Crippen molar-refractivity contribution < 1.29 is 19.4 Å². The average Bonchev–Trinajstić information content (AvgIpc) is 2.72. The predicted molar refractivity (Wildman–Crippen MR) is 108 cm³/mol. The van der Waals surface area contributed by atoms with E-state index in [0.29, 0.717) is 18.0 Å². The third-order valence-electron chi connectivity index (χ3n) is 3.91. The summed E-state index contributed by atoms with van der Waals surface area (Å²) in [5, 5.41) is 11.6. The Kier molecular flexibility index (Phi) is 6.21. The fraction of sp³-hybridized carbons (Fsp3) is 0.0435. The molecule has 0 heterocycles. The zero-order valence-electron chi connectivity index (χ0n) is 15.0. The van der Waals surface area contributed by atoms with Crippen LogP contribution in [-0.2, 0) is 11.4 Å². The van der Waals surface area contributed by atoms with Crippen LogP contribution < -0.4 is 10.1 Å². The molecule has 5 nitrogen and oxygen atoms in total. The van der Waals surface area contributed by atoms with Crippen LogP contribution in [0.2, 0.25) is 0 Å². The Balaban J connectivity index is 1.60. The van der Waals surface area contributed by atoms with Gasteiger partial charge in [0.1, 0.15) is 12.4 Å². The van der Waals surface area contributed by atoms with Crippen LogP contribution in [0.1, 0.15) is 21.5 Å². The van der Waals surface area contributed by atoms with Gasteiger partial charge in [-0.1, -0.05) is 48.5 Å². The quantitative estimate of drug-likeness (QED) is 0.593. The van der Waals surface area contributed by atoms with Gasteiger partial charge in [0, 0.05) is 11.8 Å². The van der Waals surface area contributed by atoms with E-state index in [1.54, 1.807) is 18.2 Å². The topological polar surface area (TPSA) is 75.6 Å². The summed E-state index contributed by atoms with van der Waals surface area (Å²) in [4.78, 5) is 23.1. The van der Waals surface area contributed by atoms with E-state index in [0.717, 1.165) is 11.1 Å². The number of anilines is 1. The van der Waals surface area contributed by atoms with E-state index in [-0.39, 0.29) is 11.5 Å². The SMILES string of the molecule is O=C(/C=C/c1cccc(OCc2ccccc2)c1)Nc1cccc(C(=O)O)c1. The van der Waals surface area contributed by atoms with Crippen molar-refractivity contribution in [3.63, 3.8) is 0 Å². The fourth-order valence-corrected chi connectivity index (χ4v) is 2.53. The van der Waals surface area contributed by atoms with E-state index in [4.69, 9.17) is 9.84 Å². The molecular weight excluding hydrogens is 354 g/mol. The highest BCUT2D eigenvalue weighted by Gasteiger charge is 2.04. The summed E-state index contributed by atoms with van der Waals surface area (Å²) in [7, 11) is 0. The van der Waals surface area contributed by atoms with Crippen LogP contribution in [0.4, 0.5) is 5.69 Å². The van der Waals surface area contributed by atoms with Gasteiger partial charge in [0.25, 0.3) is 0 Å². The van der Waals surface area contributed by atoms with Crippen LogP contribution in [0, 0.1) is 0 Å². The van der Waals surface area contributed by atoms with Gasteiger partial charge in [-0.25, -0.2) is 4.79 Å². The molecule has 3 aromatic carbocycles. The minimum atomic E-state index is -1.04. The van der Waals surface area contributed by atoms with Crippen molar-refractivity contribution in [2.24, 2.45) is 0 Å². The second-order valence-electron chi connectivity index (χ2n) is 6.06. The maximum absolute atomic E-state index is 12.1. The number of hydrogen-bond acceptors (Lipinski definition) is 3. The summed E-state index contributed by atoms with van der Waals surface area (Å²) >= 11 is 0. The molecule has 0 radical (unpaired) electrons. The number of nitrogens with one attached hydrogen (secondary N) is 1. The molecule has 0 aliphatic rings. The summed E-state index contributed by atoms with van der Waals surface area (Å²) in [6.07, 6.45) is 3.06. The Hall–Kier alpha value is -3.86. The Labute approximate surface area is 162 Å². The number of rotatable bonds is 7. The monoisotopic (exact) mass is 373 g/mol. The number of ether oxygens (including phenoxy) is 1. The van der Waals surface area contributed by atoms with Crippen LogP contribution in [0.3, 0.4) is 0 Å². The lowest BCUT2D eigenvalue weighted by Gasteiger charge is -2.07. The third kappa shape index (κ3) is 5.57. The predicted octanol–water partition coefficient (Wildman–Crippen LogP) is 4.62. The van der Waals surface area contributed by atoms with Crippen LogP contribution >= 0.6 is 0 Å². The largest absolute Gasteiger partial charge is 0.489 e. The summed E-state index contributed by atoms with van der Waals surface area (Å²) < 4.78 is 5.78. The first-order chi connectivity index (χ1) is 13.6. The summed E-state index contributed by atoms with van der Waals surface area (Å²) in [6.45, 7) is 0.467. The van der Waals surface area contributed by atoms with Gasteiger partial charge in [-0.15, -0.1) is 0 Å². The summed E-state index contributed by atoms with van der Waals surface area (Å²) in [6, 6.07) is 23.4. The first-order valence-corrected chi connectivity index (χ1v) is 8.69. The molecule has 0 aliphatic heterocycles. The molecule has 0 bridgehead atoms. The molecule has 5 heteroatoms. The first kappa shape index (κ1) is 18.9. The van der Waals surface area contributed by atoms with E-state index in [1.165, 1.54) is 18.2 Å². The second kappa shape index (κ2) is 9.19. The molecule has 0 fully saturated rings. The highest BCUT2D eigenvalue weighted by atomic mass is 16.5. The van der Waals surface area contributed by atoms with E-state index in [2.05, 4.69) is 5.32 Å². The number of amides is 1. The van der Waals surface area contributed by atoms with Gasteiger partial charge in [0.2, 0.25) is 5.91 Å². The number of carboxylic acid groups (broad SMARTS) is 1. The summed E-state index contributed by atoms with van der Waals surface area (Å²) in [5.74, 6) is -0.683. The van der Waals surface area contributed by atoms with Crippen molar-refractivity contribution in [3.8, 4) is 5.75 Å². The van der Waals surface area contributed by atoms with Crippen molar-refractivity contribution in [3.05, 3.63) is 102 Å². The summed E-state index contributed by atoms with van der Waals surface area (Å²) in [5.41, 5.74) is 2.44. The zero-order valence-corrected chi connectivity index (χ0v) is 15.0. The standard InChI is InChI=1S/C23H19NO4/c25-22(24-20-10-5-9-19(15-20)23(26)27)13-12-17-8-4-11-21(14-17)28-16-18-6-2-1-3-7-18/h1-15H,16H2,(H,24,25)(H,26,27)/b13-12+. The lowest BCUT2D eigenvalue weighted by molar-refractivity contribution is -0.111. The van der Waals surface area contributed by atoms with Gasteiger partial charge >= 0.3 is 5.97 Å². The molecule has 0 spiro atoms. The number of benzene rings is 3. The maximum atomic E-state index is 12.1. The van der Waals surface area contributed by atoms with Crippen molar-refractivity contribution in [1.82, 2.24) is 0 Å². The molecule has 1 amide bonds. The van der Waals surface area contributed by atoms with Crippen LogP contribution in [-0.4, -0.2) is 17.0 Å². The smallest absolute Gasteiger partial charge is 0.335 e. The molecule has 28 heavy (non-hydrogen) atoms. The molecule has 0 saturated carbocycles. The first-order valence-electron chi connectivity index (χ1n) is 8.69. The van der Waals surface area contributed by atoms with Crippen molar-refractivity contribution in [2.45, 2.75) is 6.61 Å². The molecule has 0 aromatic heterocycles. The number of carbonyl (C=O) groups excluding carboxylic acids is 1. The number of carboxylic acids is 1. The molecule has 3 aromatic rings. The molecule has 2 N–H and O–H groups in total.